The summed E-state index contributed by atoms with van der Waals surface area (Å²) < 4.78 is 0. The Kier molecular flexibility index (Phi) is 4.65. The maximum atomic E-state index is 12.0. The summed E-state index contributed by atoms with van der Waals surface area (Å²) in [5.41, 5.74) is 1.08. The lowest BCUT2D eigenvalue weighted by molar-refractivity contribution is -0.119. The highest BCUT2D eigenvalue weighted by atomic mass is 32.1. The lowest BCUT2D eigenvalue weighted by Crippen LogP contribution is -2.29. The van der Waals surface area contributed by atoms with Crippen molar-refractivity contribution in [1.82, 2.24) is 15.2 Å². The number of nitrogens with one attached hydrogen (secondary N) is 2. The Balaban J connectivity index is 1.52. The third kappa shape index (κ3) is 3.56. The standard InChI is InChI=1S/C14H22N4OS/c19-13(11-4-5-15-8-11)17-14-16-12(10-20-14)9-18-6-2-1-3-7-18/h10-11,15H,1-9H2,(H,16,17,19). The first-order valence-corrected chi connectivity index (χ1v) is 8.37. The van der Waals surface area contributed by atoms with E-state index in [0.717, 1.165) is 36.9 Å². The number of rotatable bonds is 4. The first-order valence-electron chi connectivity index (χ1n) is 7.49. The Labute approximate surface area is 123 Å². The van der Waals surface area contributed by atoms with Gasteiger partial charge in [-0.15, -0.1) is 11.3 Å². The quantitative estimate of drug-likeness (QED) is 0.887. The Morgan fingerprint density at radius 3 is 3.05 bits per heavy atom. The zero-order chi connectivity index (χ0) is 13.8. The highest BCUT2D eigenvalue weighted by Crippen LogP contribution is 2.20. The number of hydrogen-bond donors (Lipinski definition) is 2. The summed E-state index contributed by atoms with van der Waals surface area (Å²) in [6.45, 7) is 4.99. The van der Waals surface area contributed by atoms with Crippen LogP contribution in [0, 0.1) is 5.92 Å². The van der Waals surface area contributed by atoms with Crippen molar-refractivity contribution in [1.29, 1.82) is 0 Å². The molecule has 2 saturated heterocycles. The first-order chi connectivity index (χ1) is 9.81. The monoisotopic (exact) mass is 294 g/mol. The second-order valence-corrected chi connectivity index (χ2v) is 6.52. The van der Waals surface area contributed by atoms with Crippen LogP contribution in [0.1, 0.15) is 31.4 Å². The van der Waals surface area contributed by atoms with Crippen molar-refractivity contribution >= 4 is 22.4 Å². The van der Waals surface area contributed by atoms with Crippen LogP contribution in [0.5, 0.6) is 0 Å². The van der Waals surface area contributed by atoms with Gasteiger partial charge in [-0.1, -0.05) is 6.42 Å². The van der Waals surface area contributed by atoms with Crippen molar-refractivity contribution in [3.8, 4) is 0 Å². The van der Waals surface area contributed by atoms with Crippen LogP contribution >= 0.6 is 11.3 Å². The number of likely N-dealkylation sites (tertiary alicyclic amines) is 1. The van der Waals surface area contributed by atoms with Crippen molar-refractivity contribution < 1.29 is 4.79 Å². The molecule has 1 amide bonds. The molecule has 5 nitrogen and oxygen atoms in total. The summed E-state index contributed by atoms with van der Waals surface area (Å²) in [5.74, 6) is 0.207. The Bertz CT molecular complexity index is 450. The van der Waals surface area contributed by atoms with E-state index in [-0.39, 0.29) is 11.8 Å². The van der Waals surface area contributed by atoms with E-state index in [1.54, 1.807) is 0 Å². The van der Waals surface area contributed by atoms with Crippen LogP contribution in [0.25, 0.3) is 0 Å². The van der Waals surface area contributed by atoms with Gasteiger partial charge in [0.25, 0.3) is 0 Å². The molecule has 2 fully saturated rings. The predicted molar refractivity (Wildman–Crippen MR) is 80.8 cm³/mol. The molecule has 2 N–H and O–H groups in total. The van der Waals surface area contributed by atoms with Crippen molar-refractivity contribution in [3.05, 3.63) is 11.1 Å². The molecule has 2 aliphatic heterocycles. The fourth-order valence-electron chi connectivity index (χ4n) is 2.87. The van der Waals surface area contributed by atoms with Crippen LogP contribution in [0.15, 0.2) is 5.38 Å². The summed E-state index contributed by atoms with van der Waals surface area (Å²) in [7, 11) is 0. The van der Waals surface area contributed by atoms with Gasteiger partial charge in [-0.25, -0.2) is 4.98 Å². The maximum absolute atomic E-state index is 12.0. The first kappa shape index (κ1) is 14.0. The number of piperidine rings is 1. The van der Waals surface area contributed by atoms with E-state index < -0.39 is 0 Å². The molecule has 0 saturated carbocycles. The number of anilines is 1. The van der Waals surface area contributed by atoms with Crippen LogP contribution < -0.4 is 10.6 Å². The normalized spacial score (nSPS) is 23.9. The van der Waals surface area contributed by atoms with Crippen LogP contribution in [-0.4, -0.2) is 42.0 Å². The van der Waals surface area contributed by atoms with E-state index in [0.29, 0.717) is 0 Å². The number of nitrogens with zero attached hydrogens (tertiary/aromatic N) is 2. The summed E-state index contributed by atoms with van der Waals surface area (Å²) in [5, 5.41) is 8.98. The third-order valence-corrected chi connectivity index (χ3v) is 4.85. The molecule has 0 radical (unpaired) electrons. The van der Waals surface area contributed by atoms with Crippen LogP contribution in [0.4, 0.5) is 5.13 Å². The molecular formula is C14H22N4OS. The fourth-order valence-corrected chi connectivity index (χ4v) is 3.57. The number of carbonyl (C=O) groups excluding carboxylic acids is 1. The van der Waals surface area contributed by atoms with Gasteiger partial charge in [0.05, 0.1) is 11.6 Å². The molecule has 3 heterocycles. The Morgan fingerprint density at radius 2 is 2.30 bits per heavy atom. The van der Waals surface area contributed by atoms with Gasteiger partial charge in [-0.3, -0.25) is 9.69 Å². The second-order valence-electron chi connectivity index (χ2n) is 5.66. The molecular weight excluding hydrogens is 272 g/mol. The lowest BCUT2D eigenvalue weighted by Gasteiger charge is -2.25. The van der Waals surface area contributed by atoms with E-state index in [4.69, 9.17) is 0 Å². The topological polar surface area (TPSA) is 57.3 Å². The zero-order valence-electron chi connectivity index (χ0n) is 11.7. The fraction of sp³-hybridized carbons (Fsp3) is 0.714. The smallest absolute Gasteiger partial charge is 0.230 e. The Hall–Kier alpha value is -0.980. The molecule has 1 atom stereocenters. The highest BCUT2D eigenvalue weighted by Gasteiger charge is 2.23. The van der Waals surface area contributed by atoms with Gasteiger partial charge in [-0.05, 0) is 38.9 Å². The minimum absolute atomic E-state index is 0.101. The SMILES string of the molecule is O=C(Nc1nc(CN2CCCCC2)cs1)C1CCNC1. The van der Waals surface area contributed by atoms with Gasteiger partial charge in [0.1, 0.15) is 0 Å². The molecule has 20 heavy (non-hydrogen) atoms. The minimum Gasteiger partial charge on any atom is -0.316 e. The average molecular weight is 294 g/mol. The van der Waals surface area contributed by atoms with E-state index in [9.17, 15) is 4.79 Å². The molecule has 3 rings (SSSR count). The predicted octanol–water partition coefficient (Wildman–Crippen LogP) is 1.68. The van der Waals surface area contributed by atoms with Gasteiger partial charge in [-0.2, -0.15) is 0 Å². The summed E-state index contributed by atoms with van der Waals surface area (Å²) in [4.78, 5) is 19.0. The number of hydrogen-bond acceptors (Lipinski definition) is 5. The van der Waals surface area contributed by atoms with E-state index in [1.165, 1.54) is 43.7 Å². The number of thiazole rings is 1. The molecule has 0 aliphatic carbocycles. The molecule has 1 aromatic heterocycles. The van der Waals surface area contributed by atoms with Gasteiger partial charge in [0, 0.05) is 18.5 Å². The van der Waals surface area contributed by atoms with Crippen LogP contribution in [0.2, 0.25) is 0 Å². The van der Waals surface area contributed by atoms with Gasteiger partial charge >= 0.3 is 0 Å². The van der Waals surface area contributed by atoms with Crippen molar-refractivity contribution in [2.24, 2.45) is 5.92 Å². The van der Waals surface area contributed by atoms with E-state index >= 15 is 0 Å². The highest BCUT2D eigenvalue weighted by molar-refractivity contribution is 7.13. The second kappa shape index (κ2) is 6.65. The van der Waals surface area contributed by atoms with Crippen molar-refractivity contribution in [2.45, 2.75) is 32.2 Å². The van der Waals surface area contributed by atoms with Gasteiger partial charge in [0.15, 0.2) is 5.13 Å². The number of carbonyl (C=O) groups is 1. The van der Waals surface area contributed by atoms with Gasteiger partial charge in [0.2, 0.25) is 5.91 Å². The lowest BCUT2D eigenvalue weighted by atomic mass is 10.1. The number of amides is 1. The molecule has 0 spiro atoms. The minimum atomic E-state index is 0.101. The molecule has 1 aromatic rings. The molecule has 1 unspecified atom stereocenters. The van der Waals surface area contributed by atoms with E-state index in [1.807, 2.05) is 0 Å². The average Bonchev–Trinajstić information content (AvgIpc) is 3.11. The molecule has 110 valence electrons. The number of aromatic nitrogens is 1. The Morgan fingerprint density at radius 1 is 1.45 bits per heavy atom. The largest absolute Gasteiger partial charge is 0.316 e. The van der Waals surface area contributed by atoms with E-state index in [2.05, 4.69) is 25.9 Å². The molecule has 0 aromatic carbocycles. The molecule has 2 aliphatic rings. The van der Waals surface area contributed by atoms with Crippen LogP contribution in [-0.2, 0) is 11.3 Å². The zero-order valence-corrected chi connectivity index (χ0v) is 12.5. The van der Waals surface area contributed by atoms with Crippen molar-refractivity contribution in [2.75, 3.05) is 31.5 Å². The summed E-state index contributed by atoms with van der Waals surface area (Å²) in [6, 6.07) is 0. The van der Waals surface area contributed by atoms with Crippen LogP contribution in [0.3, 0.4) is 0 Å². The molecule has 0 bridgehead atoms. The molecule has 6 heteroatoms. The summed E-state index contributed by atoms with van der Waals surface area (Å²) in [6.07, 6.45) is 4.87. The summed E-state index contributed by atoms with van der Waals surface area (Å²) >= 11 is 1.54. The maximum Gasteiger partial charge on any atom is 0.230 e. The van der Waals surface area contributed by atoms with Gasteiger partial charge < -0.3 is 10.6 Å². The van der Waals surface area contributed by atoms with Crippen molar-refractivity contribution in [3.63, 3.8) is 0 Å². The third-order valence-electron chi connectivity index (χ3n) is 4.05.